The molecule has 1 aliphatic heterocycles. The van der Waals surface area contributed by atoms with Crippen LogP contribution < -0.4 is 4.72 Å². The topological polar surface area (TPSA) is 14.1 Å². The van der Waals surface area contributed by atoms with Crippen LogP contribution in [0.3, 0.4) is 0 Å². The van der Waals surface area contributed by atoms with Crippen LogP contribution in [0.5, 0.6) is 0 Å². The van der Waals surface area contributed by atoms with E-state index in [-0.39, 0.29) is 0 Å². The van der Waals surface area contributed by atoms with E-state index in [2.05, 4.69) is 22.9 Å². The molecule has 0 atom stereocenters. The molecule has 0 saturated heterocycles. The van der Waals surface area contributed by atoms with Gasteiger partial charge >= 0.3 is 0 Å². The van der Waals surface area contributed by atoms with Crippen molar-refractivity contribution in [3.05, 3.63) is 29.8 Å². The molecule has 0 N–H and O–H groups in total. The summed E-state index contributed by atoms with van der Waals surface area (Å²) in [5, 5.41) is 0. The van der Waals surface area contributed by atoms with Gasteiger partial charge in [0.1, 0.15) is 0 Å². The van der Waals surface area contributed by atoms with E-state index in [0.29, 0.717) is 0 Å². The molecule has 1 nitrogen and oxygen atoms in total. The highest BCUT2D eigenvalue weighted by Crippen LogP contribution is 2.27. The van der Waals surface area contributed by atoms with Crippen LogP contribution in [-0.2, 0) is 6.54 Å². The zero-order chi connectivity index (χ0) is 6.10. The van der Waals surface area contributed by atoms with Crippen molar-refractivity contribution in [1.82, 2.24) is 4.72 Å². The second-order valence-electron chi connectivity index (χ2n) is 1.99. The van der Waals surface area contributed by atoms with E-state index in [1.54, 1.807) is 11.9 Å². The molecule has 0 aliphatic carbocycles. The Morgan fingerprint density at radius 1 is 1.33 bits per heavy atom. The minimum Gasteiger partial charge on any atom is -0.165 e. The first-order chi connectivity index (χ1) is 4.47. The molecule has 0 bridgehead atoms. The zero-order valence-electron chi connectivity index (χ0n) is 4.87. The third-order valence-electron chi connectivity index (χ3n) is 1.37. The first kappa shape index (κ1) is 5.33. The van der Waals surface area contributed by atoms with Crippen molar-refractivity contribution in [2.45, 2.75) is 11.4 Å². The van der Waals surface area contributed by atoms with Crippen LogP contribution in [0.2, 0.25) is 0 Å². The Hall–Kier alpha value is -0.470. The van der Waals surface area contributed by atoms with Gasteiger partial charge in [-0.15, -0.1) is 0 Å². The molecule has 1 heterocycles. The quantitative estimate of drug-likeness (QED) is 0.496. The van der Waals surface area contributed by atoms with Crippen LogP contribution in [0.15, 0.2) is 29.2 Å². The van der Waals surface area contributed by atoms with E-state index in [1.807, 2.05) is 6.07 Å². The number of hydrogen-bond donors (Lipinski definition) is 0. The summed E-state index contributed by atoms with van der Waals surface area (Å²) in [6.45, 7) is 0.890. The Morgan fingerprint density at radius 3 is 3.11 bits per heavy atom. The summed E-state index contributed by atoms with van der Waals surface area (Å²) in [6, 6.07) is 8.34. The van der Waals surface area contributed by atoms with Crippen molar-refractivity contribution >= 4 is 11.9 Å². The number of hydrogen-bond acceptors (Lipinski definition) is 1. The van der Waals surface area contributed by atoms with Gasteiger partial charge in [-0.3, -0.25) is 0 Å². The zero-order valence-corrected chi connectivity index (χ0v) is 5.69. The molecular formula is C7H6NS. The summed E-state index contributed by atoms with van der Waals surface area (Å²) < 4.78 is 4.17. The van der Waals surface area contributed by atoms with Crippen LogP contribution in [-0.4, -0.2) is 0 Å². The van der Waals surface area contributed by atoms with E-state index >= 15 is 0 Å². The first-order valence-electron chi connectivity index (χ1n) is 2.88. The van der Waals surface area contributed by atoms with Crippen molar-refractivity contribution in [3.63, 3.8) is 0 Å². The summed E-state index contributed by atoms with van der Waals surface area (Å²) >= 11 is 1.59. The van der Waals surface area contributed by atoms with E-state index in [1.165, 1.54) is 10.5 Å². The summed E-state index contributed by atoms with van der Waals surface area (Å²) in [5.74, 6) is 0. The maximum Gasteiger partial charge on any atom is 0.0522 e. The van der Waals surface area contributed by atoms with E-state index in [9.17, 15) is 0 Å². The molecule has 0 unspecified atom stereocenters. The van der Waals surface area contributed by atoms with Crippen molar-refractivity contribution in [3.8, 4) is 0 Å². The highest BCUT2D eigenvalue weighted by atomic mass is 32.2. The third-order valence-corrected chi connectivity index (χ3v) is 2.22. The smallest absolute Gasteiger partial charge is 0.0522 e. The van der Waals surface area contributed by atoms with Gasteiger partial charge < -0.3 is 0 Å². The minimum absolute atomic E-state index is 0.890. The largest absolute Gasteiger partial charge is 0.165 e. The fourth-order valence-corrected chi connectivity index (χ4v) is 1.63. The van der Waals surface area contributed by atoms with Crippen LogP contribution >= 0.6 is 11.9 Å². The third kappa shape index (κ3) is 0.843. The Bertz CT molecular complexity index is 199. The van der Waals surface area contributed by atoms with Crippen molar-refractivity contribution in [2.24, 2.45) is 0 Å². The molecule has 0 saturated carbocycles. The van der Waals surface area contributed by atoms with E-state index in [4.69, 9.17) is 0 Å². The van der Waals surface area contributed by atoms with Gasteiger partial charge in [-0.05, 0) is 23.6 Å². The minimum atomic E-state index is 0.890. The fourth-order valence-electron chi connectivity index (χ4n) is 0.895. The molecule has 0 spiro atoms. The molecule has 1 aromatic rings. The standard InChI is InChI=1S/C7H6NS/c1-2-4-7-6(3-1)5-8-9-7/h1-4H,5H2. The van der Waals surface area contributed by atoms with Gasteiger partial charge in [0.2, 0.25) is 0 Å². The predicted molar refractivity (Wildman–Crippen MR) is 38.1 cm³/mol. The highest BCUT2D eigenvalue weighted by Gasteiger charge is 2.09. The second-order valence-corrected chi connectivity index (χ2v) is 2.87. The predicted octanol–water partition coefficient (Wildman–Crippen LogP) is 1.81. The molecular weight excluding hydrogens is 130 g/mol. The van der Waals surface area contributed by atoms with Gasteiger partial charge in [-0.2, -0.15) is 4.72 Å². The summed E-state index contributed by atoms with van der Waals surface area (Å²) in [7, 11) is 0. The summed E-state index contributed by atoms with van der Waals surface area (Å²) in [4.78, 5) is 1.32. The average molecular weight is 136 g/mol. The molecule has 2 rings (SSSR count). The average Bonchev–Trinajstić information content (AvgIpc) is 2.33. The summed E-state index contributed by atoms with van der Waals surface area (Å²) in [6.07, 6.45) is 0. The molecule has 45 valence electrons. The van der Waals surface area contributed by atoms with Gasteiger partial charge in [0, 0.05) is 4.90 Å². The number of rotatable bonds is 0. The molecule has 1 aliphatic rings. The normalized spacial score (nSPS) is 15.6. The van der Waals surface area contributed by atoms with Gasteiger partial charge in [0.25, 0.3) is 0 Å². The monoisotopic (exact) mass is 136 g/mol. The Kier molecular flexibility index (Phi) is 1.21. The van der Waals surface area contributed by atoms with Gasteiger partial charge in [-0.1, -0.05) is 18.2 Å². The second kappa shape index (κ2) is 2.05. The van der Waals surface area contributed by atoms with Crippen LogP contribution in [0.25, 0.3) is 0 Å². The van der Waals surface area contributed by atoms with E-state index < -0.39 is 0 Å². The highest BCUT2D eigenvalue weighted by molar-refractivity contribution is 7.97. The number of fused-ring (bicyclic) bond motifs is 1. The van der Waals surface area contributed by atoms with Crippen molar-refractivity contribution in [2.75, 3.05) is 0 Å². The molecule has 0 amide bonds. The Balaban J connectivity index is 2.54. The Labute approximate surface area is 58.6 Å². The molecule has 1 radical (unpaired) electrons. The molecule has 1 aromatic carbocycles. The van der Waals surface area contributed by atoms with E-state index in [0.717, 1.165) is 6.54 Å². The maximum absolute atomic E-state index is 4.17. The molecule has 0 aromatic heterocycles. The first-order valence-corrected chi connectivity index (χ1v) is 3.66. The van der Waals surface area contributed by atoms with Gasteiger partial charge in [-0.25, -0.2) is 0 Å². The number of benzene rings is 1. The molecule has 2 heteroatoms. The van der Waals surface area contributed by atoms with Crippen molar-refractivity contribution < 1.29 is 0 Å². The molecule has 9 heavy (non-hydrogen) atoms. The van der Waals surface area contributed by atoms with Crippen LogP contribution in [0, 0.1) is 0 Å². The Morgan fingerprint density at radius 2 is 2.22 bits per heavy atom. The lowest BCUT2D eigenvalue weighted by Crippen LogP contribution is -1.82. The molecule has 0 fully saturated rings. The van der Waals surface area contributed by atoms with Crippen LogP contribution in [0.4, 0.5) is 0 Å². The SMILES string of the molecule is c1ccc2c(c1)C[N]S2. The maximum atomic E-state index is 4.17. The van der Waals surface area contributed by atoms with Gasteiger partial charge in [0.15, 0.2) is 0 Å². The lowest BCUT2D eigenvalue weighted by molar-refractivity contribution is 0.980. The summed E-state index contributed by atoms with van der Waals surface area (Å²) in [5.41, 5.74) is 1.36. The fraction of sp³-hybridized carbons (Fsp3) is 0.143. The lowest BCUT2D eigenvalue weighted by atomic mass is 10.2. The van der Waals surface area contributed by atoms with Crippen LogP contribution in [0.1, 0.15) is 5.56 Å². The number of nitrogens with zero attached hydrogens (tertiary/aromatic N) is 1. The lowest BCUT2D eigenvalue weighted by Gasteiger charge is -1.89. The van der Waals surface area contributed by atoms with Crippen molar-refractivity contribution in [1.29, 1.82) is 0 Å². The van der Waals surface area contributed by atoms with Gasteiger partial charge in [0.05, 0.1) is 6.54 Å².